The standard InChI is InChI=1S/C20H21N3O4S/c1-16-2-4-17(5-3-16)6-11-20(24)22-12-14-23(15-13-22)28(26,27)19-9-7-18(21-25)8-10-19/h2-11H,12-15H2,1H3/b11-6+. The molecule has 0 saturated carbocycles. The van der Waals surface area contributed by atoms with Gasteiger partial charge in [0.2, 0.25) is 15.9 Å². The lowest BCUT2D eigenvalue weighted by Crippen LogP contribution is -2.50. The van der Waals surface area contributed by atoms with Gasteiger partial charge in [-0.2, -0.15) is 4.31 Å². The predicted octanol–water partition coefficient (Wildman–Crippen LogP) is 2.94. The molecule has 1 amide bonds. The number of aryl methyl sites for hydroxylation is 1. The highest BCUT2D eigenvalue weighted by molar-refractivity contribution is 7.89. The van der Waals surface area contributed by atoms with Gasteiger partial charge in [-0.25, -0.2) is 8.42 Å². The molecule has 2 aromatic rings. The van der Waals surface area contributed by atoms with Crippen molar-refractivity contribution < 1.29 is 13.2 Å². The first-order valence-corrected chi connectivity index (χ1v) is 10.3. The van der Waals surface area contributed by atoms with Gasteiger partial charge in [0.25, 0.3) is 0 Å². The Bertz CT molecular complexity index is 975. The molecule has 0 spiro atoms. The third-order valence-corrected chi connectivity index (χ3v) is 6.54. The summed E-state index contributed by atoms with van der Waals surface area (Å²) >= 11 is 0. The van der Waals surface area contributed by atoms with E-state index >= 15 is 0 Å². The molecule has 0 aromatic heterocycles. The van der Waals surface area contributed by atoms with Gasteiger partial charge in [0.15, 0.2) is 0 Å². The van der Waals surface area contributed by atoms with Gasteiger partial charge >= 0.3 is 0 Å². The van der Waals surface area contributed by atoms with Crippen molar-refractivity contribution in [3.8, 4) is 0 Å². The number of benzene rings is 2. The molecule has 0 aliphatic carbocycles. The summed E-state index contributed by atoms with van der Waals surface area (Å²) in [4.78, 5) is 24.6. The summed E-state index contributed by atoms with van der Waals surface area (Å²) in [6.45, 7) is 3.09. The molecular formula is C20H21N3O4S. The smallest absolute Gasteiger partial charge is 0.246 e. The molecule has 1 saturated heterocycles. The Morgan fingerprint density at radius 3 is 2.14 bits per heavy atom. The fraction of sp³-hybridized carbons (Fsp3) is 0.250. The number of piperazine rings is 1. The molecule has 8 heteroatoms. The van der Waals surface area contributed by atoms with E-state index in [0.717, 1.165) is 11.1 Å². The topological polar surface area (TPSA) is 87.1 Å². The lowest BCUT2D eigenvalue weighted by Gasteiger charge is -2.33. The number of rotatable bonds is 5. The van der Waals surface area contributed by atoms with E-state index in [1.54, 1.807) is 11.0 Å². The molecule has 2 aromatic carbocycles. The zero-order valence-corrected chi connectivity index (χ0v) is 16.3. The average molecular weight is 399 g/mol. The zero-order chi connectivity index (χ0) is 20.1. The molecule has 0 atom stereocenters. The van der Waals surface area contributed by atoms with E-state index in [9.17, 15) is 18.1 Å². The normalized spacial score (nSPS) is 15.7. The van der Waals surface area contributed by atoms with Crippen LogP contribution in [0.5, 0.6) is 0 Å². The molecule has 7 nitrogen and oxygen atoms in total. The van der Waals surface area contributed by atoms with Crippen molar-refractivity contribution in [2.24, 2.45) is 5.18 Å². The predicted molar refractivity (Wildman–Crippen MR) is 107 cm³/mol. The monoisotopic (exact) mass is 399 g/mol. The van der Waals surface area contributed by atoms with Gasteiger partial charge in [0.05, 0.1) is 4.90 Å². The Labute approximate surface area is 164 Å². The van der Waals surface area contributed by atoms with Crippen molar-refractivity contribution in [2.75, 3.05) is 26.2 Å². The summed E-state index contributed by atoms with van der Waals surface area (Å²) in [5.41, 5.74) is 2.26. The Morgan fingerprint density at radius 1 is 0.964 bits per heavy atom. The number of nitrogens with zero attached hydrogens (tertiary/aromatic N) is 3. The Morgan fingerprint density at radius 2 is 1.57 bits per heavy atom. The minimum atomic E-state index is -3.66. The Hall–Kier alpha value is -2.84. The molecule has 1 aliphatic heterocycles. The number of amides is 1. The second kappa shape index (κ2) is 8.45. The van der Waals surface area contributed by atoms with E-state index < -0.39 is 10.0 Å². The summed E-state index contributed by atoms with van der Waals surface area (Å²) < 4.78 is 26.8. The maximum atomic E-state index is 12.7. The lowest BCUT2D eigenvalue weighted by molar-refractivity contribution is -0.127. The van der Waals surface area contributed by atoms with Crippen LogP contribution in [0.4, 0.5) is 5.69 Å². The Balaban J connectivity index is 1.60. The van der Waals surface area contributed by atoms with E-state index in [4.69, 9.17) is 0 Å². The molecule has 0 radical (unpaired) electrons. The average Bonchev–Trinajstić information content (AvgIpc) is 2.73. The van der Waals surface area contributed by atoms with Crippen molar-refractivity contribution in [1.29, 1.82) is 0 Å². The molecule has 28 heavy (non-hydrogen) atoms. The fourth-order valence-corrected chi connectivity index (χ4v) is 4.35. The van der Waals surface area contributed by atoms with Crippen LogP contribution in [0.1, 0.15) is 11.1 Å². The minimum Gasteiger partial charge on any atom is -0.337 e. The lowest BCUT2D eigenvalue weighted by atomic mass is 10.1. The summed E-state index contributed by atoms with van der Waals surface area (Å²) in [6.07, 6.45) is 3.27. The van der Waals surface area contributed by atoms with E-state index in [1.807, 2.05) is 31.2 Å². The summed E-state index contributed by atoms with van der Waals surface area (Å²) in [7, 11) is -3.66. The quantitative estimate of drug-likeness (QED) is 0.571. The van der Waals surface area contributed by atoms with Crippen LogP contribution in [0.2, 0.25) is 0 Å². The third kappa shape index (κ3) is 4.52. The van der Waals surface area contributed by atoms with Crippen molar-refractivity contribution in [1.82, 2.24) is 9.21 Å². The van der Waals surface area contributed by atoms with E-state index in [0.29, 0.717) is 13.1 Å². The van der Waals surface area contributed by atoms with E-state index in [2.05, 4.69) is 5.18 Å². The highest BCUT2D eigenvalue weighted by Gasteiger charge is 2.29. The van der Waals surface area contributed by atoms with Gasteiger partial charge in [-0.1, -0.05) is 29.8 Å². The number of hydrogen-bond donors (Lipinski definition) is 0. The van der Waals surface area contributed by atoms with Gasteiger partial charge in [-0.05, 0) is 48.0 Å². The summed E-state index contributed by atoms with van der Waals surface area (Å²) in [5.74, 6) is -0.140. The molecule has 0 N–H and O–H groups in total. The minimum absolute atomic E-state index is 0.110. The molecule has 1 aliphatic rings. The van der Waals surface area contributed by atoms with Crippen molar-refractivity contribution in [3.05, 3.63) is 70.6 Å². The fourth-order valence-electron chi connectivity index (χ4n) is 2.93. The van der Waals surface area contributed by atoms with Crippen LogP contribution in [0, 0.1) is 11.8 Å². The van der Waals surface area contributed by atoms with Crippen molar-refractivity contribution in [2.45, 2.75) is 11.8 Å². The third-order valence-electron chi connectivity index (χ3n) is 4.63. The maximum absolute atomic E-state index is 12.7. The molecule has 146 valence electrons. The molecule has 3 rings (SSSR count). The number of sulfonamides is 1. The van der Waals surface area contributed by atoms with Crippen LogP contribution in [-0.4, -0.2) is 49.7 Å². The van der Waals surface area contributed by atoms with Gasteiger partial charge in [0, 0.05) is 32.3 Å². The number of hydrogen-bond acceptors (Lipinski definition) is 5. The van der Waals surface area contributed by atoms with Crippen LogP contribution < -0.4 is 0 Å². The number of carbonyl (C=O) groups is 1. The molecule has 1 heterocycles. The summed E-state index contributed by atoms with van der Waals surface area (Å²) in [6, 6.07) is 13.3. The molecule has 1 fully saturated rings. The van der Waals surface area contributed by atoms with Gasteiger partial charge in [-0.15, -0.1) is 4.91 Å². The highest BCUT2D eigenvalue weighted by atomic mass is 32.2. The van der Waals surface area contributed by atoms with Crippen molar-refractivity contribution >= 4 is 27.7 Å². The first-order chi connectivity index (χ1) is 13.4. The maximum Gasteiger partial charge on any atom is 0.246 e. The molecule has 0 bridgehead atoms. The van der Waals surface area contributed by atoms with Crippen LogP contribution in [0.25, 0.3) is 6.08 Å². The second-order valence-corrected chi connectivity index (χ2v) is 8.50. The number of carbonyl (C=O) groups excluding carboxylic acids is 1. The van der Waals surface area contributed by atoms with Gasteiger partial charge in [0.1, 0.15) is 5.69 Å². The van der Waals surface area contributed by atoms with Gasteiger partial charge in [-0.3, -0.25) is 4.79 Å². The van der Waals surface area contributed by atoms with Gasteiger partial charge < -0.3 is 4.90 Å². The number of nitroso groups, excluding NO2 is 1. The van der Waals surface area contributed by atoms with Crippen LogP contribution in [-0.2, 0) is 14.8 Å². The molecular weight excluding hydrogens is 378 g/mol. The van der Waals surface area contributed by atoms with Crippen LogP contribution >= 0.6 is 0 Å². The van der Waals surface area contributed by atoms with E-state index in [-0.39, 0.29) is 29.6 Å². The van der Waals surface area contributed by atoms with Crippen LogP contribution in [0.15, 0.2) is 64.7 Å². The van der Waals surface area contributed by atoms with E-state index in [1.165, 1.54) is 34.6 Å². The van der Waals surface area contributed by atoms with Crippen molar-refractivity contribution in [3.63, 3.8) is 0 Å². The first kappa shape index (κ1) is 19.9. The van der Waals surface area contributed by atoms with Crippen LogP contribution in [0.3, 0.4) is 0 Å². The highest BCUT2D eigenvalue weighted by Crippen LogP contribution is 2.21. The molecule has 0 unspecified atom stereocenters. The summed E-state index contributed by atoms with van der Waals surface area (Å²) in [5, 5.41) is 2.77. The largest absolute Gasteiger partial charge is 0.337 e. The SMILES string of the molecule is Cc1ccc(/C=C/C(=O)N2CCN(S(=O)(=O)c3ccc(N=O)cc3)CC2)cc1. The zero-order valence-electron chi connectivity index (χ0n) is 15.5. The Kier molecular flexibility index (Phi) is 6.01. The first-order valence-electron chi connectivity index (χ1n) is 8.87. The second-order valence-electron chi connectivity index (χ2n) is 6.56.